The van der Waals surface area contributed by atoms with Crippen LogP contribution in [0.5, 0.6) is 5.75 Å². The maximum absolute atomic E-state index is 13.1. The zero-order valence-corrected chi connectivity index (χ0v) is 18.3. The van der Waals surface area contributed by atoms with E-state index in [0.717, 1.165) is 11.3 Å². The molecule has 0 aliphatic rings. The molecule has 10 nitrogen and oxygen atoms in total. The number of carbonyl (C=O) groups excluding carboxylic acids is 2. The molecule has 2 N–H and O–H groups in total. The molecule has 31 heavy (non-hydrogen) atoms. The molecule has 2 amide bonds. The number of carbonyl (C=O) groups is 2. The molecular weight excluding hydrogens is 447 g/mol. The Bertz CT molecular complexity index is 1040. The molecular formula is C18H19FN6O4S2. The first kappa shape index (κ1) is 22.7. The summed E-state index contributed by atoms with van der Waals surface area (Å²) in [4.78, 5) is 24.4. The quantitative estimate of drug-likeness (QED) is 0.264. The van der Waals surface area contributed by atoms with Crippen LogP contribution >= 0.6 is 23.1 Å². The van der Waals surface area contributed by atoms with Gasteiger partial charge in [0.15, 0.2) is 15.8 Å². The van der Waals surface area contributed by atoms with E-state index in [2.05, 4.69) is 25.9 Å². The molecule has 164 valence electrons. The van der Waals surface area contributed by atoms with Crippen LogP contribution in [0.2, 0.25) is 0 Å². The van der Waals surface area contributed by atoms with Crippen molar-refractivity contribution < 1.29 is 23.5 Å². The molecule has 0 spiro atoms. The maximum Gasteiger partial charge on any atom is 0.281 e. The molecule has 0 radical (unpaired) electrons. The Morgan fingerprint density at radius 2 is 2.00 bits per heavy atom. The molecule has 2 heterocycles. The summed E-state index contributed by atoms with van der Waals surface area (Å²) in [7, 11) is 2.97. The van der Waals surface area contributed by atoms with Gasteiger partial charge in [0.05, 0.1) is 31.4 Å². The first-order chi connectivity index (χ1) is 15.0. The number of hydrogen-bond donors (Lipinski definition) is 2. The van der Waals surface area contributed by atoms with Crippen LogP contribution in [0, 0.1) is 5.82 Å². The number of anilines is 1. The molecule has 0 atom stereocenters. The van der Waals surface area contributed by atoms with Crippen LogP contribution in [0.3, 0.4) is 0 Å². The van der Waals surface area contributed by atoms with E-state index in [1.807, 2.05) is 0 Å². The Kier molecular flexibility index (Phi) is 7.92. The van der Waals surface area contributed by atoms with Crippen LogP contribution in [0.15, 0.2) is 34.8 Å². The lowest BCUT2D eigenvalue weighted by molar-refractivity contribution is -0.118. The van der Waals surface area contributed by atoms with Crippen molar-refractivity contribution in [3.63, 3.8) is 0 Å². The molecule has 0 aliphatic carbocycles. The average molecular weight is 467 g/mol. The first-order valence-corrected chi connectivity index (χ1v) is 10.7. The highest BCUT2D eigenvalue weighted by atomic mass is 32.2. The monoisotopic (exact) mass is 466 g/mol. The largest absolute Gasteiger partial charge is 0.493 e. The van der Waals surface area contributed by atoms with Crippen LogP contribution < -0.4 is 15.4 Å². The molecule has 13 heteroatoms. The van der Waals surface area contributed by atoms with Crippen molar-refractivity contribution in [3.8, 4) is 11.4 Å². The average Bonchev–Trinajstić information content (AvgIpc) is 3.40. The third kappa shape index (κ3) is 6.23. The van der Waals surface area contributed by atoms with Crippen LogP contribution in [0.1, 0.15) is 10.5 Å². The van der Waals surface area contributed by atoms with Gasteiger partial charge in [-0.15, -0.1) is 10.2 Å². The number of thioether (sulfide) groups is 1. The minimum Gasteiger partial charge on any atom is -0.493 e. The Morgan fingerprint density at radius 3 is 2.71 bits per heavy atom. The number of nitrogens with zero attached hydrogens (tertiary/aromatic N) is 4. The predicted molar refractivity (Wildman–Crippen MR) is 114 cm³/mol. The van der Waals surface area contributed by atoms with Gasteiger partial charge in [0.25, 0.3) is 5.91 Å². The summed E-state index contributed by atoms with van der Waals surface area (Å²) in [5, 5.41) is 17.7. The Hall–Kier alpha value is -3.03. The fourth-order valence-electron chi connectivity index (χ4n) is 2.34. The molecule has 3 rings (SSSR count). The number of halogens is 1. The Labute approximate surface area is 185 Å². The summed E-state index contributed by atoms with van der Waals surface area (Å²) < 4.78 is 25.2. The van der Waals surface area contributed by atoms with Gasteiger partial charge in [0.2, 0.25) is 11.0 Å². The van der Waals surface area contributed by atoms with E-state index in [0.29, 0.717) is 23.2 Å². The molecule has 2 aromatic heterocycles. The van der Waals surface area contributed by atoms with E-state index in [4.69, 9.17) is 9.47 Å². The van der Waals surface area contributed by atoms with Crippen molar-refractivity contribution in [1.82, 2.24) is 25.3 Å². The van der Waals surface area contributed by atoms with Crippen molar-refractivity contribution in [2.45, 2.75) is 4.34 Å². The van der Waals surface area contributed by atoms with Crippen molar-refractivity contribution in [3.05, 3.63) is 42.0 Å². The lowest BCUT2D eigenvalue weighted by Gasteiger charge is -2.02. The van der Waals surface area contributed by atoms with Gasteiger partial charge >= 0.3 is 0 Å². The number of nitrogens with one attached hydrogen (secondary N) is 2. The van der Waals surface area contributed by atoms with Gasteiger partial charge in [-0.05, 0) is 24.3 Å². The summed E-state index contributed by atoms with van der Waals surface area (Å²) >= 11 is 2.34. The second-order valence-electron chi connectivity index (χ2n) is 5.93. The fourth-order valence-corrected chi connectivity index (χ4v) is 3.91. The minimum absolute atomic E-state index is 0.0359. The van der Waals surface area contributed by atoms with E-state index in [1.165, 1.54) is 54.0 Å². The van der Waals surface area contributed by atoms with Gasteiger partial charge < -0.3 is 14.8 Å². The summed E-state index contributed by atoms with van der Waals surface area (Å²) in [6.07, 6.45) is 1.52. The van der Waals surface area contributed by atoms with Crippen molar-refractivity contribution >= 4 is 40.0 Å². The maximum atomic E-state index is 13.1. The third-order valence-corrected chi connectivity index (χ3v) is 5.76. The number of hydrogen-bond acceptors (Lipinski definition) is 9. The molecule has 0 bridgehead atoms. The van der Waals surface area contributed by atoms with Crippen LogP contribution in [0.25, 0.3) is 5.69 Å². The minimum atomic E-state index is -0.539. The molecule has 0 saturated heterocycles. The predicted octanol–water partition coefficient (Wildman–Crippen LogP) is 1.98. The zero-order valence-electron chi connectivity index (χ0n) is 16.6. The molecule has 0 aliphatic heterocycles. The van der Waals surface area contributed by atoms with Gasteiger partial charge in [-0.2, -0.15) is 5.10 Å². The van der Waals surface area contributed by atoms with Crippen molar-refractivity contribution in [1.29, 1.82) is 0 Å². The van der Waals surface area contributed by atoms with E-state index >= 15 is 0 Å². The van der Waals surface area contributed by atoms with Gasteiger partial charge in [-0.3, -0.25) is 14.9 Å². The van der Waals surface area contributed by atoms with E-state index in [1.54, 1.807) is 7.11 Å². The SMILES string of the molecule is COCCNC(=O)CSc1nnc(NC(=O)c2nn(-c3ccc(F)cc3)cc2OC)s1. The number of benzene rings is 1. The summed E-state index contributed by atoms with van der Waals surface area (Å²) in [5.74, 6) is -0.657. The van der Waals surface area contributed by atoms with Gasteiger partial charge in [-0.25, -0.2) is 9.07 Å². The Morgan fingerprint density at radius 1 is 1.23 bits per heavy atom. The summed E-state index contributed by atoms with van der Waals surface area (Å²) in [6.45, 7) is 0.867. The topological polar surface area (TPSA) is 120 Å². The fraction of sp³-hybridized carbons (Fsp3) is 0.278. The zero-order chi connectivity index (χ0) is 22.2. The van der Waals surface area contributed by atoms with Crippen LogP contribution in [-0.2, 0) is 9.53 Å². The van der Waals surface area contributed by atoms with E-state index < -0.39 is 5.91 Å². The number of methoxy groups -OCH3 is 2. The second-order valence-corrected chi connectivity index (χ2v) is 8.13. The summed E-state index contributed by atoms with van der Waals surface area (Å²) in [5.41, 5.74) is 0.603. The van der Waals surface area contributed by atoms with Gasteiger partial charge in [-0.1, -0.05) is 23.1 Å². The second kappa shape index (κ2) is 10.8. The smallest absolute Gasteiger partial charge is 0.281 e. The highest BCUT2D eigenvalue weighted by Crippen LogP contribution is 2.27. The van der Waals surface area contributed by atoms with Crippen LogP contribution in [-0.4, -0.2) is 64.9 Å². The molecule has 1 aromatic carbocycles. The van der Waals surface area contributed by atoms with E-state index in [-0.39, 0.29) is 34.1 Å². The normalized spacial score (nSPS) is 10.7. The highest BCUT2D eigenvalue weighted by Gasteiger charge is 2.20. The number of ether oxygens (including phenoxy) is 2. The Balaban J connectivity index is 1.61. The molecule has 0 fully saturated rings. The standard InChI is InChI=1S/C18H19FN6O4S2/c1-28-8-7-20-14(26)10-30-18-23-22-17(31-18)21-16(27)15-13(29-2)9-25(24-15)12-5-3-11(19)4-6-12/h3-6,9H,7-8,10H2,1-2H3,(H,20,26)(H,21,22,27). The third-order valence-electron chi connectivity index (χ3n) is 3.79. The van der Waals surface area contributed by atoms with Crippen LogP contribution in [0.4, 0.5) is 9.52 Å². The number of aromatic nitrogens is 4. The lowest BCUT2D eigenvalue weighted by atomic mass is 10.3. The first-order valence-electron chi connectivity index (χ1n) is 8.93. The molecule has 0 unspecified atom stereocenters. The molecule has 3 aromatic rings. The van der Waals surface area contributed by atoms with E-state index in [9.17, 15) is 14.0 Å². The number of rotatable bonds is 10. The van der Waals surface area contributed by atoms with Crippen molar-refractivity contribution in [2.24, 2.45) is 0 Å². The number of amides is 2. The van der Waals surface area contributed by atoms with Crippen molar-refractivity contribution in [2.75, 3.05) is 38.4 Å². The van der Waals surface area contributed by atoms with Gasteiger partial charge in [0, 0.05) is 13.7 Å². The summed E-state index contributed by atoms with van der Waals surface area (Å²) in [6, 6.07) is 5.65. The highest BCUT2D eigenvalue weighted by molar-refractivity contribution is 8.01. The molecule has 0 saturated carbocycles. The lowest BCUT2D eigenvalue weighted by Crippen LogP contribution is -2.28. The van der Waals surface area contributed by atoms with Gasteiger partial charge in [0.1, 0.15) is 5.82 Å².